The zero-order valence-corrected chi connectivity index (χ0v) is 7.75. The van der Waals surface area contributed by atoms with Crippen LogP contribution in [0.4, 0.5) is 0 Å². The van der Waals surface area contributed by atoms with E-state index in [4.69, 9.17) is 0 Å². The van der Waals surface area contributed by atoms with Gasteiger partial charge in [0.05, 0.1) is 0 Å². The van der Waals surface area contributed by atoms with Gasteiger partial charge in [0.2, 0.25) is 0 Å². The summed E-state index contributed by atoms with van der Waals surface area (Å²) in [6.07, 6.45) is 0. The molecule has 0 bridgehead atoms. The molecule has 0 nitrogen and oxygen atoms in total. The minimum atomic E-state index is 0. The van der Waals surface area contributed by atoms with Crippen LogP contribution >= 0.6 is 0 Å². The minimum Gasteiger partial charge on any atom is 0 e. The summed E-state index contributed by atoms with van der Waals surface area (Å²) in [4.78, 5) is 0. The third-order valence-corrected chi connectivity index (χ3v) is 0. The van der Waals surface area contributed by atoms with Gasteiger partial charge in [0.25, 0.3) is 0 Å². The van der Waals surface area contributed by atoms with Gasteiger partial charge in [0.15, 0.2) is 0 Å². The minimum absolute atomic E-state index is 0. The SMILES string of the molecule is [Fe].[Fe].[Mo].[Mo]. The maximum Gasteiger partial charge on any atom is 0 e. The van der Waals surface area contributed by atoms with Gasteiger partial charge in [-0.3, -0.25) is 0 Å². The summed E-state index contributed by atoms with van der Waals surface area (Å²) in [7, 11) is 0. The molecule has 0 unspecified atom stereocenters. The molecule has 0 fully saturated rings. The molecular formula is Fe2Mo2. The fourth-order valence-electron chi connectivity index (χ4n) is 0. The van der Waals surface area contributed by atoms with Crippen molar-refractivity contribution in [2.75, 3.05) is 0 Å². The molecule has 0 saturated heterocycles. The van der Waals surface area contributed by atoms with E-state index in [1.54, 1.807) is 0 Å². The van der Waals surface area contributed by atoms with Crippen molar-refractivity contribution in [1.82, 2.24) is 0 Å². The Kier molecular flexibility index (Phi) is 146. The summed E-state index contributed by atoms with van der Waals surface area (Å²) in [6, 6.07) is 0. The maximum atomic E-state index is 0. The standard InChI is InChI=1S/2Fe.2Mo. The van der Waals surface area contributed by atoms with Gasteiger partial charge in [-0.1, -0.05) is 0 Å². The number of rotatable bonds is 0. The van der Waals surface area contributed by atoms with Crippen LogP contribution in [0.2, 0.25) is 0 Å². The van der Waals surface area contributed by atoms with Gasteiger partial charge in [-0.05, 0) is 0 Å². The molecule has 0 aliphatic rings. The van der Waals surface area contributed by atoms with Crippen LogP contribution in [0.1, 0.15) is 0 Å². The third kappa shape index (κ3) is 8.83. The largest absolute Gasteiger partial charge is 0 e. The van der Waals surface area contributed by atoms with Crippen molar-refractivity contribution < 1.29 is 76.3 Å². The molecule has 0 spiro atoms. The van der Waals surface area contributed by atoms with Gasteiger partial charge in [0, 0.05) is 76.3 Å². The first kappa shape index (κ1) is 32.2. The Morgan fingerprint density at radius 1 is 0.500 bits per heavy atom. The van der Waals surface area contributed by atoms with Crippen LogP contribution in [0.25, 0.3) is 0 Å². The average molecular weight is 304 g/mol. The maximum absolute atomic E-state index is 0. The third-order valence-electron chi connectivity index (χ3n) is 0. The average Bonchev–Trinajstić information content (AvgIpc) is 0. The smallest absolute Gasteiger partial charge is 0 e. The summed E-state index contributed by atoms with van der Waals surface area (Å²) in [5.74, 6) is 0. The summed E-state index contributed by atoms with van der Waals surface area (Å²) in [5, 5.41) is 0. The topological polar surface area (TPSA) is 0 Å². The Morgan fingerprint density at radius 2 is 0.500 bits per heavy atom. The van der Waals surface area contributed by atoms with E-state index in [1.165, 1.54) is 0 Å². The molecular weight excluding hydrogens is 304 g/mol. The molecule has 0 aliphatic heterocycles. The van der Waals surface area contributed by atoms with Gasteiger partial charge >= 0.3 is 0 Å². The quantitative estimate of drug-likeness (QED) is 0.552. The summed E-state index contributed by atoms with van der Waals surface area (Å²) >= 11 is 0. The molecule has 0 aromatic rings. The van der Waals surface area contributed by atoms with E-state index < -0.39 is 0 Å². The Labute approximate surface area is 75.3 Å². The molecule has 4 heteroatoms. The summed E-state index contributed by atoms with van der Waals surface area (Å²) in [5.41, 5.74) is 0. The van der Waals surface area contributed by atoms with Crippen LogP contribution < -0.4 is 0 Å². The van der Waals surface area contributed by atoms with E-state index in [-0.39, 0.29) is 76.3 Å². The molecule has 0 radical (unpaired) electrons. The van der Waals surface area contributed by atoms with E-state index >= 15 is 0 Å². The Hall–Kier alpha value is 2.42. The second kappa shape index (κ2) is 18.1. The molecule has 28 valence electrons. The van der Waals surface area contributed by atoms with Crippen molar-refractivity contribution in [3.05, 3.63) is 0 Å². The van der Waals surface area contributed by atoms with Gasteiger partial charge in [-0.15, -0.1) is 0 Å². The first-order valence-corrected chi connectivity index (χ1v) is 0. The molecule has 0 amide bonds. The van der Waals surface area contributed by atoms with E-state index in [1.807, 2.05) is 0 Å². The van der Waals surface area contributed by atoms with Gasteiger partial charge in [0.1, 0.15) is 0 Å². The second-order valence-electron chi connectivity index (χ2n) is 0. The first-order chi connectivity index (χ1) is 0. The number of hydrogen-bond acceptors (Lipinski definition) is 0. The predicted molar refractivity (Wildman–Crippen MR) is 0 cm³/mol. The molecule has 0 heterocycles. The Bertz CT molecular complexity index is 4.00. The summed E-state index contributed by atoms with van der Waals surface area (Å²) in [6.45, 7) is 0. The van der Waals surface area contributed by atoms with Gasteiger partial charge < -0.3 is 0 Å². The zero-order chi connectivity index (χ0) is 0. The number of hydrogen-bond donors (Lipinski definition) is 0. The van der Waals surface area contributed by atoms with Crippen LogP contribution in [-0.4, -0.2) is 0 Å². The molecule has 0 atom stereocenters. The van der Waals surface area contributed by atoms with Gasteiger partial charge in [-0.25, -0.2) is 0 Å². The fraction of sp³-hybridized carbons (Fsp3) is 0. The van der Waals surface area contributed by atoms with Crippen LogP contribution in [0.15, 0.2) is 0 Å². The van der Waals surface area contributed by atoms with E-state index in [2.05, 4.69) is 0 Å². The zero-order valence-electron chi connectivity index (χ0n) is 1.52. The Morgan fingerprint density at radius 3 is 0.500 bits per heavy atom. The summed E-state index contributed by atoms with van der Waals surface area (Å²) < 4.78 is 0. The molecule has 0 rings (SSSR count). The molecule has 0 saturated carbocycles. The first-order valence-electron chi connectivity index (χ1n) is 0. The van der Waals surface area contributed by atoms with Crippen molar-refractivity contribution in [2.24, 2.45) is 0 Å². The van der Waals surface area contributed by atoms with Crippen LogP contribution in [0, 0.1) is 0 Å². The molecule has 4 heavy (non-hydrogen) atoms. The molecule has 0 aromatic carbocycles. The van der Waals surface area contributed by atoms with Crippen molar-refractivity contribution >= 4 is 0 Å². The normalized spacial score (nSPS) is 0. The van der Waals surface area contributed by atoms with E-state index in [0.29, 0.717) is 0 Å². The predicted octanol–water partition coefficient (Wildman–Crippen LogP) is -0.0100. The van der Waals surface area contributed by atoms with Crippen molar-refractivity contribution in [2.45, 2.75) is 0 Å². The van der Waals surface area contributed by atoms with Crippen LogP contribution in [-0.2, 0) is 76.3 Å². The second-order valence-corrected chi connectivity index (χ2v) is 0. The van der Waals surface area contributed by atoms with Crippen LogP contribution in [0.3, 0.4) is 0 Å². The molecule has 0 aromatic heterocycles. The van der Waals surface area contributed by atoms with Gasteiger partial charge in [-0.2, -0.15) is 0 Å². The van der Waals surface area contributed by atoms with Crippen molar-refractivity contribution in [1.29, 1.82) is 0 Å². The Balaban J connectivity index is 0. The van der Waals surface area contributed by atoms with Crippen molar-refractivity contribution in [3.8, 4) is 0 Å². The molecule has 0 N–H and O–H groups in total. The fourth-order valence-corrected chi connectivity index (χ4v) is 0. The van der Waals surface area contributed by atoms with E-state index in [9.17, 15) is 0 Å². The van der Waals surface area contributed by atoms with Crippen LogP contribution in [0.5, 0.6) is 0 Å². The van der Waals surface area contributed by atoms with E-state index in [0.717, 1.165) is 0 Å². The monoisotopic (exact) mass is 308 g/mol. The molecule has 0 aliphatic carbocycles. The van der Waals surface area contributed by atoms with Crippen molar-refractivity contribution in [3.63, 3.8) is 0 Å².